The Bertz CT molecular complexity index is 420. The van der Waals surface area contributed by atoms with E-state index in [0.717, 1.165) is 18.8 Å². The van der Waals surface area contributed by atoms with Crippen LogP contribution in [0.3, 0.4) is 0 Å². The fraction of sp³-hybridized carbons (Fsp3) is 0.429. The Hall–Kier alpha value is -1.68. The van der Waals surface area contributed by atoms with Crippen LogP contribution in [0.2, 0.25) is 0 Å². The summed E-state index contributed by atoms with van der Waals surface area (Å²) in [7, 11) is 0. The van der Waals surface area contributed by atoms with E-state index in [1.807, 2.05) is 23.1 Å². The lowest BCUT2D eigenvalue weighted by atomic mass is 10.1. The van der Waals surface area contributed by atoms with E-state index in [0.29, 0.717) is 12.1 Å². The zero-order valence-corrected chi connectivity index (χ0v) is 10.8. The molecule has 18 heavy (non-hydrogen) atoms. The predicted octanol–water partition coefficient (Wildman–Crippen LogP) is 1.30. The van der Waals surface area contributed by atoms with Gasteiger partial charge < -0.3 is 10.2 Å². The van der Waals surface area contributed by atoms with Gasteiger partial charge in [0.2, 0.25) is 5.91 Å². The molecule has 4 heteroatoms. The van der Waals surface area contributed by atoms with Gasteiger partial charge in [-0.3, -0.25) is 9.78 Å². The molecule has 2 rings (SSSR count). The number of hydrogen-bond acceptors (Lipinski definition) is 3. The first-order valence-electron chi connectivity index (χ1n) is 6.29. The minimum Gasteiger partial charge on any atom is -0.336 e. The quantitative estimate of drug-likeness (QED) is 0.799. The van der Waals surface area contributed by atoms with E-state index >= 15 is 0 Å². The van der Waals surface area contributed by atoms with Crippen molar-refractivity contribution in [2.45, 2.75) is 25.9 Å². The lowest BCUT2D eigenvalue weighted by Crippen LogP contribution is -2.55. The van der Waals surface area contributed by atoms with Crippen LogP contribution in [-0.4, -0.2) is 41.0 Å². The summed E-state index contributed by atoms with van der Waals surface area (Å²) in [6, 6.07) is 6.35. The van der Waals surface area contributed by atoms with Crippen molar-refractivity contribution < 1.29 is 4.79 Å². The van der Waals surface area contributed by atoms with Crippen LogP contribution in [0.25, 0.3) is 6.08 Å². The smallest absolute Gasteiger partial charge is 0.246 e. The minimum atomic E-state index is 0.0563. The van der Waals surface area contributed by atoms with Crippen molar-refractivity contribution >= 4 is 12.0 Å². The second kappa shape index (κ2) is 5.78. The van der Waals surface area contributed by atoms with Crippen LogP contribution in [0.4, 0.5) is 0 Å². The molecule has 1 amide bonds. The fourth-order valence-electron chi connectivity index (χ4n) is 2.24. The van der Waals surface area contributed by atoms with Gasteiger partial charge in [-0.25, -0.2) is 0 Å². The van der Waals surface area contributed by atoms with Crippen molar-refractivity contribution in [2.75, 3.05) is 13.1 Å². The number of pyridine rings is 1. The molecule has 0 saturated carbocycles. The highest BCUT2D eigenvalue weighted by Gasteiger charge is 2.23. The molecule has 2 atom stereocenters. The maximum absolute atomic E-state index is 12.0. The molecule has 1 fully saturated rings. The highest BCUT2D eigenvalue weighted by molar-refractivity contribution is 5.91. The normalized spacial score (nSPS) is 24.4. The number of aromatic nitrogens is 1. The van der Waals surface area contributed by atoms with Gasteiger partial charge in [0.1, 0.15) is 0 Å². The Morgan fingerprint density at radius 3 is 2.72 bits per heavy atom. The molecule has 0 aromatic carbocycles. The van der Waals surface area contributed by atoms with E-state index in [-0.39, 0.29) is 5.91 Å². The summed E-state index contributed by atoms with van der Waals surface area (Å²) < 4.78 is 0. The van der Waals surface area contributed by atoms with E-state index in [9.17, 15) is 4.79 Å². The third-order valence-corrected chi connectivity index (χ3v) is 2.95. The van der Waals surface area contributed by atoms with Crippen LogP contribution in [0.15, 0.2) is 30.5 Å². The summed E-state index contributed by atoms with van der Waals surface area (Å²) in [5, 5.41) is 3.41. The Labute approximate surface area is 108 Å². The first-order chi connectivity index (χ1) is 8.65. The largest absolute Gasteiger partial charge is 0.336 e. The maximum Gasteiger partial charge on any atom is 0.246 e. The topological polar surface area (TPSA) is 45.2 Å². The molecule has 1 aliphatic heterocycles. The van der Waals surface area contributed by atoms with E-state index in [2.05, 4.69) is 24.1 Å². The number of nitrogens with one attached hydrogen (secondary N) is 1. The summed E-state index contributed by atoms with van der Waals surface area (Å²) in [5.74, 6) is 0.0563. The molecule has 96 valence electrons. The average molecular weight is 245 g/mol. The first-order valence-corrected chi connectivity index (χ1v) is 6.29. The summed E-state index contributed by atoms with van der Waals surface area (Å²) in [4.78, 5) is 18.1. The SMILES string of the molecule is CC1CN(C(=O)/C=C/c2ccccn2)CC(C)N1. The number of hydrogen-bond donors (Lipinski definition) is 1. The molecule has 0 bridgehead atoms. The summed E-state index contributed by atoms with van der Waals surface area (Å²) >= 11 is 0. The Balaban J connectivity index is 1.97. The van der Waals surface area contributed by atoms with Crippen LogP contribution >= 0.6 is 0 Å². The summed E-state index contributed by atoms with van der Waals surface area (Å²) in [5.41, 5.74) is 0.807. The summed E-state index contributed by atoms with van der Waals surface area (Å²) in [6.07, 6.45) is 5.09. The molecule has 1 saturated heterocycles. The Morgan fingerprint density at radius 2 is 2.11 bits per heavy atom. The van der Waals surface area contributed by atoms with E-state index < -0.39 is 0 Å². The number of piperazine rings is 1. The molecule has 0 aliphatic carbocycles. The molecule has 2 unspecified atom stereocenters. The van der Waals surface area contributed by atoms with Gasteiger partial charge >= 0.3 is 0 Å². The van der Waals surface area contributed by atoms with Crippen LogP contribution in [0.5, 0.6) is 0 Å². The zero-order valence-electron chi connectivity index (χ0n) is 10.8. The fourth-order valence-corrected chi connectivity index (χ4v) is 2.24. The van der Waals surface area contributed by atoms with Gasteiger partial charge in [0.15, 0.2) is 0 Å². The second-order valence-electron chi connectivity index (χ2n) is 4.80. The molecule has 2 heterocycles. The van der Waals surface area contributed by atoms with Gasteiger partial charge in [-0.15, -0.1) is 0 Å². The maximum atomic E-state index is 12.0. The Kier molecular flexibility index (Phi) is 4.10. The van der Waals surface area contributed by atoms with Crippen LogP contribution in [-0.2, 0) is 4.79 Å². The van der Waals surface area contributed by atoms with Crippen LogP contribution in [0, 0.1) is 0 Å². The minimum absolute atomic E-state index is 0.0563. The van der Waals surface area contributed by atoms with Crippen molar-refractivity contribution in [1.29, 1.82) is 0 Å². The third kappa shape index (κ3) is 3.40. The predicted molar refractivity (Wildman–Crippen MR) is 71.9 cm³/mol. The van der Waals surface area contributed by atoms with Crippen molar-refractivity contribution in [2.24, 2.45) is 0 Å². The number of amides is 1. The van der Waals surface area contributed by atoms with Crippen LogP contribution < -0.4 is 5.32 Å². The van der Waals surface area contributed by atoms with Gasteiger partial charge in [-0.2, -0.15) is 0 Å². The molecule has 1 aliphatic rings. The molecular weight excluding hydrogens is 226 g/mol. The first kappa shape index (κ1) is 12.8. The third-order valence-electron chi connectivity index (χ3n) is 2.95. The van der Waals surface area contributed by atoms with E-state index in [4.69, 9.17) is 0 Å². The van der Waals surface area contributed by atoms with Gasteiger partial charge in [-0.05, 0) is 32.1 Å². The molecule has 0 radical (unpaired) electrons. The van der Waals surface area contributed by atoms with Gasteiger partial charge in [0.25, 0.3) is 0 Å². The van der Waals surface area contributed by atoms with Gasteiger partial charge in [-0.1, -0.05) is 6.07 Å². The van der Waals surface area contributed by atoms with Crippen molar-refractivity contribution in [1.82, 2.24) is 15.2 Å². The standard InChI is InChI=1S/C14H19N3O/c1-11-9-17(10-12(2)16-11)14(18)7-6-13-5-3-4-8-15-13/h3-8,11-12,16H,9-10H2,1-2H3/b7-6+. The van der Waals surface area contributed by atoms with Crippen molar-refractivity contribution in [3.8, 4) is 0 Å². The van der Waals surface area contributed by atoms with E-state index in [1.165, 1.54) is 0 Å². The number of carbonyl (C=O) groups excluding carboxylic acids is 1. The van der Waals surface area contributed by atoms with Crippen molar-refractivity contribution in [3.63, 3.8) is 0 Å². The lowest BCUT2D eigenvalue weighted by Gasteiger charge is -2.35. The Morgan fingerprint density at radius 1 is 1.39 bits per heavy atom. The molecule has 1 aromatic rings. The number of carbonyl (C=O) groups is 1. The van der Waals surface area contributed by atoms with Crippen LogP contribution in [0.1, 0.15) is 19.5 Å². The molecule has 0 spiro atoms. The van der Waals surface area contributed by atoms with Crippen molar-refractivity contribution in [3.05, 3.63) is 36.2 Å². The highest BCUT2D eigenvalue weighted by atomic mass is 16.2. The monoisotopic (exact) mass is 245 g/mol. The number of rotatable bonds is 2. The summed E-state index contributed by atoms with van der Waals surface area (Å²) in [6.45, 7) is 5.71. The van der Waals surface area contributed by atoms with Gasteiger partial charge in [0, 0.05) is 37.4 Å². The molecule has 4 nitrogen and oxygen atoms in total. The molecule has 1 N–H and O–H groups in total. The lowest BCUT2D eigenvalue weighted by molar-refractivity contribution is -0.127. The molecular formula is C14H19N3O. The highest BCUT2D eigenvalue weighted by Crippen LogP contribution is 2.06. The van der Waals surface area contributed by atoms with Gasteiger partial charge in [0.05, 0.1) is 5.69 Å². The second-order valence-corrected chi connectivity index (χ2v) is 4.80. The molecule has 1 aromatic heterocycles. The number of nitrogens with zero attached hydrogens (tertiary/aromatic N) is 2. The average Bonchev–Trinajstić information content (AvgIpc) is 2.36. The zero-order chi connectivity index (χ0) is 13.0. The van der Waals surface area contributed by atoms with E-state index in [1.54, 1.807) is 18.3 Å².